The molecule has 74 valence electrons. The van der Waals surface area contributed by atoms with E-state index in [1.165, 1.54) is 16.3 Å². The molecule has 15 heavy (non-hydrogen) atoms. The Bertz CT molecular complexity index is 537. The van der Waals surface area contributed by atoms with Gasteiger partial charge in [-0.15, -0.1) is 10.2 Å². The number of hydrogen-bond acceptors (Lipinski definition) is 2. The summed E-state index contributed by atoms with van der Waals surface area (Å²) in [5.41, 5.74) is 1.20. The Labute approximate surface area is 92.6 Å². The van der Waals surface area contributed by atoms with Crippen LogP contribution >= 0.6 is 11.6 Å². The Morgan fingerprint density at radius 3 is 2.53 bits per heavy atom. The van der Waals surface area contributed by atoms with Gasteiger partial charge in [0.2, 0.25) is 0 Å². The zero-order valence-corrected chi connectivity index (χ0v) is 8.78. The van der Waals surface area contributed by atoms with E-state index in [9.17, 15) is 0 Å². The predicted molar refractivity (Wildman–Crippen MR) is 61.1 cm³/mol. The second-order valence-electron chi connectivity index (χ2n) is 3.73. The van der Waals surface area contributed by atoms with Crippen LogP contribution in [0.4, 0.5) is 0 Å². The third kappa shape index (κ3) is 1.61. The van der Waals surface area contributed by atoms with Gasteiger partial charge in [-0.1, -0.05) is 54.1 Å². The average Bonchev–Trinajstić information content (AvgIpc) is 2.97. The lowest BCUT2D eigenvalue weighted by molar-refractivity contribution is 0.829. The standard InChI is InChI=1S/C12H9ClN2/c13-12(14-15-12)8-10-6-3-5-9-4-1-2-7-11(9)10/h1-7H,8H2. The fraction of sp³-hybridized carbons (Fsp3) is 0.167. The summed E-state index contributed by atoms with van der Waals surface area (Å²) in [4.78, 5) is 0. The van der Waals surface area contributed by atoms with Gasteiger partial charge in [0, 0.05) is 6.42 Å². The lowest BCUT2D eigenvalue weighted by Crippen LogP contribution is -2.05. The molecule has 2 nitrogen and oxygen atoms in total. The van der Waals surface area contributed by atoms with Crippen molar-refractivity contribution in [3.05, 3.63) is 48.0 Å². The number of hydrogen-bond donors (Lipinski definition) is 0. The van der Waals surface area contributed by atoms with Crippen molar-refractivity contribution in [2.45, 2.75) is 11.5 Å². The largest absolute Gasteiger partial charge is 0.267 e. The van der Waals surface area contributed by atoms with E-state index < -0.39 is 5.12 Å². The summed E-state index contributed by atoms with van der Waals surface area (Å²) in [5.74, 6) is 0. The van der Waals surface area contributed by atoms with Crippen LogP contribution in [-0.2, 0) is 6.42 Å². The molecule has 0 fully saturated rings. The van der Waals surface area contributed by atoms with Gasteiger partial charge in [0.05, 0.1) is 0 Å². The Morgan fingerprint density at radius 1 is 1.00 bits per heavy atom. The van der Waals surface area contributed by atoms with E-state index in [1.54, 1.807) is 0 Å². The molecule has 0 atom stereocenters. The minimum absolute atomic E-state index is 0.676. The first-order valence-electron chi connectivity index (χ1n) is 4.86. The quantitative estimate of drug-likeness (QED) is 0.540. The molecule has 1 aliphatic heterocycles. The van der Waals surface area contributed by atoms with E-state index in [0.29, 0.717) is 6.42 Å². The number of fused-ring (bicyclic) bond motifs is 1. The SMILES string of the molecule is ClC1(Cc2cccc3ccccc23)N=N1. The molecule has 1 heterocycles. The fourth-order valence-corrected chi connectivity index (χ4v) is 2.00. The van der Waals surface area contributed by atoms with Gasteiger partial charge in [-0.05, 0) is 16.3 Å². The highest BCUT2D eigenvalue weighted by Crippen LogP contribution is 2.37. The Balaban J connectivity index is 2.09. The van der Waals surface area contributed by atoms with Gasteiger partial charge in [0.1, 0.15) is 0 Å². The number of rotatable bonds is 2. The van der Waals surface area contributed by atoms with Crippen molar-refractivity contribution in [3.8, 4) is 0 Å². The highest BCUT2D eigenvalue weighted by Gasteiger charge is 2.37. The van der Waals surface area contributed by atoms with Crippen LogP contribution < -0.4 is 0 Å². The van der Waals surface area contributed by atoms with Crippen LogP contribution in [0.2, 0.25) is 0 Å². The van der Waals surface area contributed by atoms with Crippen molar-refractivity contribution < 1.29 is 0 Å². The van der Waals surface area contributed by atoms with Gasteiger partial charge in [-0.3, -0.25) is 0 Å². The molecule has 0 aliphatic carbocycles. The summed E-state index contributed by atoms with van der Waals surface area (Å²) in [5, 5.41) is 9.44. The minimum Gasteiger partial charge on any atom is -0.140 e. The average molecular weight is 217 g/mol. The van der Waals surface area contributed by atoms with Crippen molar-refractivity contribution in [2.75, 3.05) is 0 Å². The number of nitrogens with zero attached hydrogens (tertiary/aromatic N) is 2. The van der Waals surface area contributed by atoms with Gasteiger partial charge in [0.25, 0.3) is 5.12 Å². The fourth-order valence-electron chi connectivity index (χ4n) is 1.81. The lowest BCUT2D eigenvalue weighted by atomic mass is 10.0. The smallest absolute Gasteiger partial charge is 0.140 e. The molecule has 1 aliphatic rings. The molecule has 0 amide bonds. The first-order valence-corrected chi connectivity index (χ1v) is 5.24. The lowest BCUT2D eigenvalue weighted by Gasteiger charge is -2.06. The van der Waals surface area contributed by atoms with Gasteiger partial charge in [-0.2, -0.15) is 0 Å². The molecule has 2 aromatic carbocycles. The molecular formula is C12H9ClN2. The van der Waals surface area contributed by atoms with E-state index >= 15 is 0 Å². The zero-order chi connectivity index (χ0) is 10.3. The number of halogens is 1. The number of benzene rings is 2. The molecule has 0 unspecified atom stereocenters. The summed E-state index contributed by atoms with van der Waals surface area (Å²) in [6.07, 6.45) is 0.676. The maximum atomic E-state index is 6.05. The highest BCUT2D eigenvalue weighted by atomic mass is 35.5. The van der Waals surface area contributed by atoms with Crippen molar-refractivity contribution in [1.29, 1.82) is 0 Å². The summed E-state index contributed by atoms with van der Waals surface area (Å²) in [6.45, 7) is 0. The van der Waals surface area contributed by atoms with Gasteiger partial charge in [-0.25, -0.2) is 0 Å². The number of alkyl halides is 1. The summed E-state index contributed by atoms with van der Waals surface area (Å²) in [6, 6.07) is 14.5. The molecule has 0 N–H and O–H groups in total. The van der Waals surface area contributed by atoms with Crippen molar-refractivity contribution in [3.63, 3.8) is 0 Å². The second-order valence-corrected chi connectivity index (χ2v) is 4.34. The first kappa shape index (κ1) is 8.86. The Morgan fingerprint density at radius 2 is 1.73 bits per heavy atom. The van der Waals surface area contributed by atoms with E-state index in [0.717, 1.165) is 0 Å². The van der Waals surface area contributed by atoms with Crippen LogP contribution in [0.25, 0.3) is 10.8 Å². The summed E-state index contributed by atoms with van der Waals surface area (Å²) < 4.78 is 0. The van der Waals surface area contributed by atoms with Crippen LogP contribution in [0, 0.1) is 0 Å². The molecule has 3 heteroatoms. The highest BCUT2D eigenvalue weighted by molar-refractivity contribution is 6.25. The maximum Gasteiger partial charge on any atom is 0.267 e. The minimum atomic E-state index is -0.676. The summed E-state index contributed by atoms with van der Waals surface area (Å²) in [7, 11) is 0. The first-order chi connectivity index (χ1) is 7.27. The Kier molecular flexibility index (Phi) is 1.80. The third-order valence-corrected chi connectivity index (χ3v) is 2.90. The maximum absolute atomic E-state index is 6.05. The normalized spacial score (nSPS) is 16.9. The van der Waals surface area contributed by atoms with Gasteiger partial charge >= 0.3 is 0 Å². The third-order valence-electron chi connectivity index (χ3n) is 2.61. The van der Waals surface area contributed by atoms with E-state index in [1.807, 2.05) is 18.2 Å². The molecule has 0 saturated carbocycles. The molecule has 0 spiro atoms. The predicted octanol–water partition coefficient (Wildman–Crippen LogP) is 3.74. The van der Waals surface area contributed by atoms with Gasteiger partial charge in [0.15, 0.2) is 0 Å². The molecule has 0 saturated heterocycles. The van der Waals surface area contributed by atoms with Crippen LogP contribution in [0.1, 0.15) is 5.56 Å². The molecule has 2 aromatic rings. The molecule has 0 radical (unpaired) electrons. The molecule has 0 bridgehead atoms. The van der Waals surface area contributed by atoms with E-state index in [-0.39, 0.29) is 0 Å². The topological polar surface area (TPSA) is 24.7 Å². The zero-order valence-electron chi connectivity index (χ0n) is 8.02. The van der Waals surface area contributed by atoms with Crippen LogP contribution in [-0.4, -0.2) is 5.12 Å². The molecule has 3 rings (SSSR count). The summed E-state index contributed by atoms with van der Waals surface area (Å²) >= 11 is 6.05. The van der Waals surface area contributed by atoms with Gasteiger partial charge < -0.3 is 0 Å². The van der Waals surface area contributed by atoms with Crippen molar-refractivity contribution in [1.82, 2.24) is 0 Å². The van der Waals surface area contributed by atoms with Crippen molar-refractivity contribution in [2.24, 2.45) is 10.2 Å². The second kappa shape index (κ2) is 3.04. The van der Waals surface area contributed by atoms with E-state index in [2.05, 4.69) is 34.5 Å². The monoisotopic (exact) mass is 216 g/mol. The molecular weight excluding hydrogens is 208 g/mol. The molecule has 0 aromatic heterocycles. The van der Waals surface area contributed by atoms with E-state index in [4.69, 9.17) is 11.6 Å². The van der Waals surface area contributed by atoms with Crippen LogP contribution in [0.15, 0.2) is 52.7 Å². The van der Waals surface area contributed by atoms with Crippen LogP contribution in [0.5, 0.6) is 0 Å². The Hall–Kier alpha value is -1.41. The van der Waals surface area contributed by atoms with Crippen LogP contribution in [0.3, 0.4) is 0 Å². The van der Waals surface area contributed by atoms with Crippen molar-refractivity contribution >= 4 is 22.4 Å².